The van der Waals surface area contributed by atoms with Crippen LogP contribution < -0.4 is 21.9 Å². The first kappa shape index (κ1) is 25.1. The second-order valence-electron chi connectivity index (χ2n) is 10.0. The van der Waals surface area contributed by atoms with Crippen LogP contribution in [-0.2, 0) is 18.0 Å². The van der Waals surface area contributed by atoms with Crippen molar-refractivity contribution in [2.24, 2.45) is 0 Å². The molecule has 2 aliphatic heterocycles. The molecule has 184 valence electrons. The van der Waals surface area contributed by atoms with Crippen molar-refractivity contribution in [1.29, 1.82) is 0 Å². The number of fused-ring (bicyclic) bond motifs is 2. The zero-order valence-corrected chi connectivity index (χ0v) is 20.8. The fraction of sp³-hybridized carbons (Fsp3) is 0.321. The van der Waals surface area contributed by atoms with Crippen LogP contribution in [0.4, 0.5) is 18.9 Å². The highest BCUT2D eigenvalue weighted by molar-refractivity contribution is 6.12. The molecule has 0 fully saturated rings. The van der Waals surface area contributed by atoms with Gasteiger partial charge in [-0.25, -0.2) is 0 Å². The Labute approximate surface area is 209 Å². The van der Waals surface area contributed by atoms with E-state index < -0.39 is 11.7 Å². The Balaban J connectivity index is 0.00000289. The molecular formula is C28H27ClF3NO2. The Kier molecular flexibility index (Phi) is 6.39. The number of benzene rings is 3. The molecule has 3 aromatic carbocycles. The van der Waals surface area contributed by atoms with Crippen LogP contribution in [0, 0.1) is 0 Å². The molecular weight excluding hydrogens is 475 g/mol. The van der Waals surface area contributed by atoms with E-state index >= 15 is 0 Å². The van der Waals surface area contributed by atoms with Gasteiger partial charge in [0, 0.05) is 24.1 Å². The van der Waals surface area contributed by atoms with E-state index in [0.29, 0.717) is 5.75 Å². The van der Waals surface area contributed by atoms with Crippen LogP contribution in [0.15, 0.2) is 60.7 Å². The molecule has 1 unspecified atom stereocenters. The van der Waals surface area contributed by atoms with Gasteiger partial charge in [0.05, 0.1) is 11.1 Å². The number of halogens is 4. The average Bonchev–Trinajstić information content (AvgIpc) is 3.23. The van der Waals surface area contributed by atoms with Crippen molar-refractivity contribution in [3.05, 3.63) is 88.5 Å². The molecule has 0 saturated carbocycles. The predicted octanol–water partition coefficient (Wildman–Crippen LogP) is 3.86. The van der Waals surface area contributed by atoms with Gasteiger partial charge in [0.2, 0.25) is 18.2 Å². The Hall–Kier alpha value is -2.99. The highest BCUT2D eigenvalue weighted by Crippen LogP contribution is 2.39. The minimum absolute atomic E-state index is 0. The highest BCUT2D eigenvalue weighted by Gasteiger charge is 2.37. The van der Waals surface area contributed by atoms with Crippen molar-refractivity contribution >= 4 is 11.4 Å². The molecule has 0 aromatic heterocycles. The number of rotatable bonds is 2. The summed E-state index contributed by atoms with van der Waals surface area (Å²) in [5, 5.41) is 0. The topological polar surface area (TPSA) is 21.5 Å². The lowest BCUT2D eigenvalue weighted by atomic mass is 9.84. The fourth-order valence-corrected chi connectivity index (χ4v) is 4.75. The van der Waals surface area contributed by atoms with Crippen molar-refractivity contribution in [2.75, 3.05) is 6.79 Å². The van der Waals surface area contributed by atoms with Crippen LogP contribution in [-0.4, -0.2) is 23.1 Å². The molecule has 5 rings (SSSR count). The number of alkyl halides is 3. The third kappa shape index (κ3) is 4.64. The maximum atomic E-state index is 13.2. The maximum absolute atomic E-state index is 13.2. The van der Waals surface area contributed by atoms with Gasteiger partial charge in [-0.2, -0.15) is 17.7 Å². The average molecular weight is 502 g/mol. The fourth-order valence-electron chi connectivity index (χ4n) is 4.75. The Morgan fingerprint density at radius 1 is 0.829 bits per heavy atom. The largest absolute Gasteiger partial charge is 1.00 e. The number of ether oxygens (including phenoxy) is 2. The molecule has 7 heteroatoms. The van der Waals surface area contributed by atoms with Gasteiger partial charge in [-0.05, 0) is 59.9 Å². The zero-order valence-electron chi connectivity index (χ0n) is 20.0. The Bertz CT molecular complexity index is 1270. The van der Waals surface area contributed by atoms with Gasteiger partial charge in [-0.3, -0.25) is 0 Å². The number of hydrogen-bond acceptors (Lipinski definition) is 2. The number of nitrogens with zero attached hydrogens (tertiary/aromatic N) is 1. The van der Waals surface area contributed by atoms with Crippen molar-refractivity contribution in [1.82, 2.24) is 0 Å². The summed E-state index contributed by atoms with van der Waals surface area (Å²) >= 11 is 0. The first-order valence-corrected chi connectivity index (χ1v) is 11.4. The van der Waals surface area contributed by atoms with E-state index in [1.807, 2.05) is 12.1 Å². The SMILES string of the molecule is CC1Cc2cc3c(cc2C(c2ccc(C(C)(C)C)cc2)=[N+]1c1ccc(C(F)(F)F)cc1)OCO3.[Cl-]. The lowest BCUT2D eigenvalue weighted by Crippen LogP contribution is -3.00. The lowest BCUT2D eigenvalue weighted by molar-refractivity contribution is -0.481. The molecule has 0 bridgehead atoms. The summed E-state index contributed by atoms with van der Waals surface area (Å²) in [5.41, 5.74) is 5.39. The smallest absolute Gasteiger partial charge is 0.416 e. The Morgan fingerprint density at radius 2 is 1.40 bits per heavy atom. The normalized spacial score (nSPS) is 17.2. The van der Waals surface area contributed by atoms with Crippen LogP contribution in [0.3, 0.4) is 0 Å². The van der Waals surface area contributed by atoms with E-state index in [0.717, 1.165) is 52.4 Å². The molecule has 0 N–H and O–H groups in total. The molecule has 3 aromatic rings. The predicted molar refractivity (Wildman–Crippen MR) is 125 cm³/mol. The quantitative estimate of drug-likeness (QED) is 0.497. The van der Waals surface area contributed by atoms with Crippen LogP contribution in [0.5, 0.6) is 11.5 Å². The summed E-state index contributed by atoms with van der Waals surface area (Å²) in [5.74, 6) is 1.42. The van der Waals surface area contributed by atoms with Crippen molar-refractivity contribution in [2.45, 2.75) is 51.7 Å². The molecule has 3 nitrogen and oxygen atoms in total. The monoisotopic (exact) mass is 501 g/mol. The van der Waals surface area contributed by atoms with Gasteiger partial charge in [-0.15, -0.1) is 0 Å². The molecule has 0 amide bonds. The minimum Gasteiger partial charge on any atom is -1.00 e. The van der Waals surface area contributed by atoms with E-state index in [1.165, 1.54) is 5.56 Å². The van der Waals surface area contributed by atoms with E-state index in [2.05, 4.69) is 56.5 Å². The molecule has 2 aliphatic rings. The molecule has 35 heavy (non-hydrogen) atoms. The maximum Gasteiger partial charge on any atom is 0.416 e. The molecule has 0 saturated heterocycles. The third-order valence-electron chi connectivity index (χ3n) is 6.55. The lowest BCUT2D eigenvalue weighted by Gasteiger charge is -2.25. The van der Waals surface area contributed by atoms with Crippen molar-refractivity contribution < 1.29 is 39.6 Å². The summed E-state index contributed by atoms with van der Waals surface area (Å²) in [4.78, 5) is 0. The molecule has 0 aliphatic carbocycles. The van der Waals surface area contributed by atoms with E-state index in [1.54, 1.807) is 12.1 Å². The molecule has 0 spiro atoms. The summed E-state index contributed by atoms with van der Waals surface area (Å²) in [6.07, 6.45) is -3.64. The molecule has 1 atom stereocenters. The summed E-state index contributed by atoms with van der Waals surface area (Å²) in [6.45, 7) is 8.79. The Morgan fingerprint density at radius 3 is 1.97 bits per heavy atom. The minimum atomic E-state index is -4.37. The third-order valence-corrected chi connectivity index (χ3v) is 6.55. The second kappa shape index (κ2) is 8.90. The van der Waals surface area contributed by atoms with Gasteiger partial charge in [0.25, 0.3) is 0 Å². The zero-order chi connectivity index (χ0) is 24.3. The van der Waals surface area contributed by atoms with Crippen molar-refractivity contribution in [3.8, 4) is 11.5 Å². The van der Waals surface area contributed by atoms with Gasteiger partial charge in [0.1, 0.15) is 0 Å². The van der Waals surface area contributed by atoms with E-state index in [4.69, 9.17) is 9.47 Å². The van der Waals surface area contributed by atoms with Crippen LogP contribution in [0.25, 0.3) is 0 Å². The van der Waals surface area contributed by atoms with Gasteiger partial charge in [0.15, 0.2) is 17.5 Å². The van der Waals surface area contributed by atoms with Crippen molar-refractivity contribution in [3.63, 3.8) is 0 Å². The van der Waals surface area contributed by atoms with Crippen LogP contribution in [0.1, 0.15) is 55.5 Å². The summed E-state index contributed by atoms with van der Waals surface area (Å²) < 4.78 is 53.0. The van der Waals surface area contributed by atoms with Gasteiger partial charge >= 0.3 is 6.18 Å². The van der Waals surface area contributed by atoms with Gasteiger partial charge < -0.3 is 21.9 Å². The molecule has 0 radical (unpaired) electrons. The molecule has 2 heterocycles. The van der Waals surface area contributed by atoms with Crippen LogP contribution >= 0.6 is 0 Å². The van der Waals surface area contributed by atoms with Gasteiger partial charge in [-0.1, -0.05) is 32.9 Å². The van der Waals surface area contributed by atoms with Crippen LogP contribution in [0.2, 0.25) is 0 Å². The van der Waals surface area contributed by atoms with E-state index in [-0.39, 0.29) is 30.7 Å². The summed E-state index contributed by atoms with van der Waals surface area (Å²) in [7, 11) is 0. The van der Waals surface area contributed by atoms with E-state index in [9.17, 15) is 13.2 Å². The number of hydrogen-bond donors (Lipinski definition) is 0. The first-order valence-electron chi connectivity index (χ1n) is 11.4. The summed E-state index contributed by atoms with van der Waals surface area (Å²) in [6, 6.07) is 17.9. The standard InChI is InChI=1S/C28H27F3NO2.ClH/c1-17-13-19-14-24-25(34-16-33-24)15-23(19)26(18-5-7-20(8-6-18)27(2,3)4)32(17)22-11-9-21(10-12-22)28(29,30)31;/h5-12,14-15,17H,13,16H2,1-4H3;1H/q+1;/p-1. The second-order valence-corrected chi connectivity index (χ2v) is 10.0. The first-order chi connectivity index (χ1) is 16.0. The highest BCUT2D eigenvalue weighted by atomic mass is 35.5.